The molecule has 2 rings (SSSR count). The Labute approximate surface area is 105 Å². The average molecular weight is 248 g/mol. The summed E-state index contributed by atoms with van der Waals surface area (Å²) in [6.07, 6.45) is 1.72. The van der Waals surface area contributed by atoms with Crippen molar-refractivity contribution in [2.45, 2.75) is 6.54 Å². The smallest absolute Gasteiger partial charge is 0.193 e. The molecule has 96 valence electrons. The molecule has 5 nitrogen and oxygen atoms in total. The van der Waals surface area contributed by atoms with Gasteiger partial charge in [-0.2, -0.15) is 0 Å². The second kappa shape index (κ2) is 5.10. The lowest BCUT2D eigenvalue weighted by Crippen LogP contribution is -2.15. The molecule has 18 heavy (non-hydrogen) atoms. The maximum Gasteiger partial charge on any atom is 0.193 e. The summed E-state index contributed by atoms with van der Waals surface area (Å²) in [5.41, 5.74) is 6.21. The molecule has 0 spiro atoms. The number of nitrogens with two attached hydrogens (primary N) is 1. The molecule has 2 aromatic rings. The van der Waals surface area contributed by atoms with Crippen molar-refractivity contribution in [1.29, 1.82) is 0 Å². The molecule has 0 atom stereocenters. The van der Waals surface area contributed by atoms with Crippen molar-refractivity contribution in [2.24, 2.45) is 5.73 Å². The van der Waals surface area contributed by atoms with Crippen LogP contribution in [-0.2, 0) is 6.54 Å². The summed E-state index contributed by atoms with van der Waals surface area (Å²) in [5, 5.41) is 0.521. The zero-order valence-electron chi connectivity index (χ0n) is 10.5. The number of aromatic nitrogens is 1. The number of hydrogen-bond donors (Lipinski definition) is 1. The minimum Gasteiger partial charge on any atom is -0.496 e. The van der Waals surface area contributed by atoms with Gasteiger partial charge < -0.3 is 19.8 Å². The quantitative estimate of drug-likeness (QED) is 0.875. The second-order valence-corrected chi connectivity index (χ2v) is 3.86. The minimum absolute atomic E-state index is 0.0889. The largest absolute Gasteiger partial charge is 0.496 e. The van der Waals surface area contributed by atoms with Crippen LogP contribution in [0.2, 0.25) is 0 Å². The van der Waals surface area contributed by atoms with E-state index in [1.54, 1.807) is 32.5 Å². The summed E-state index contributed by atoms with van der Waals surface area (Å²) in [4.78, 5) is 12.0. The van der Waals surface area contributed by atoms with Crippen LogP contribution < -0.4 is 20.6 Å². The van der Waals surface area contributed by atoms with Crippen LogP contribution in [-0.4, -0.2) is 25.3 Å². The first-order chi connectivity index (χ1) is 8.72. The molecule has 1 aromatic carbocycles. The fourth-order valence-corrected chi connectivity index (χ4v) is 2.05. The van der Waals surface area contributed by atoms with Crippen LogP contribution in [0, 0.1) is 0 Å². The molecule has 0 saturated heterocycles. The summed E-state index contributed by atoms with van der Waals surface area (Å²) in [5.74, 6) is 1.18. The molecule has 0 saturated carbocycles. The summed E-state index contributed by atoms with van der Waals surface area (Å²) >= 11 is 0. The Morgan fingerprint density at radius 2 is 1.83 bits per heavy atom. The van der Waals surface area contributed by atoms with E-state index in [-0.39, 0.29) is 5.43 Å². The van der Waals surface area contributed by atoms with E-state index < -0.39 is 0 Å². The molecule has 0 aliphatic carbocycles. The molecule has 1 aromatic heterocycles. The number of fused-ring (bicyclic) bond motifs is 1. The first-order valence-electron chi connectivity index (χ1n) is 5.67. The third-order valence-corrected chi connectivity index (χ3v) is 2.85. The number of methoxy groups -OCH3 is 2. The van der Waals surface area contributed by atoms with Gasteiger partial charge in [-0.25, -0.2) is 0 Å². The monoisotopic (exact) mass is 248 g/mol. The van der Waals surface area contributed by atoms with E-state index in [2.05, 4.69) is 0 Å². The van der Waals surface area contributed by atoms with E-state index in [1.165, 1.54) is 6.07 Å². The molecule has 0 amide bonds. The highest BCUT2D eigenvalue weighted by Gasteiger charge is 2.13. The van der Waals surface area contributed by atoms with Crippen LogP contribution in [0.3, 0.4) is 0 Å². The van der Waals surface area contributed by atoms with Crippen molar-refractivity contribution >= 4 is 10.9 Å². The Bertz CT molecular complexity index is 619. The van der Waals surface area contributed by atoms with Gasteiger partial charge in [-0.3, -0.25) is 4.79 Å². The number of pyridine rings is 1. The van der Waals surface area contributed by atoms with E-state index in [9.17, 15) is 4.79 Å². The van der Waals surface area contributed by atoms with Gasteiger partial charge in [-0.1, -0.05) is 0 Å². The number of ether oxygens (including phenoxy) is 2. The highest BCUT2D eigenvalue weighted by Crippen LogP contribution is 2.30. The van der Waals surface area contributed by atoms with Crippen LogP contribution in [0.15, 0.2) is 29.2 Å². The molecule has 0 aliphatic heterocycles. The fraction of sp³-hybridized carbons (Fsp3) is 0.308. The molecule has 5 heteroatoms. The first kappa shape index (κ1) is 12.4. The van der Waals surface area contributed by atoms with Crippen molar-refractivity contribution in [2.75, 3.05) is 20.8 Å². The SMILES string of the molecule is COc1ccc(OC)c2c1c(=O)ccn2CCN. The van der Waals surface area contributed by atoms with Gasteiger partial charge in [-0.15, -0.1) is 0 Å². The van der Waals surface area contributed by atoms with Gasteiger partial charge in [0.2, 0.25) is 0 Å². The average Bonchev–Trinajstić information content (AvgIpc) is 2.40. The van der Waals surface area contributed by atoms with Gasteiger partial charge in [0.15, 0.2) is 5.43 Å². The standard InChI is InChI=1S/C13H16N2O3/c1-17-10-3-4-11(18-2)13-12(10)9(16)5-7-15(13)8-6-14/h3-5,7H,6,8,14H2,1-2H3. The minimum atomic E-state index is -0.0889. The van der Waals surface area contributed by atoms with E-state index in [0.29, 0.717) is 30.0 Å². The number of benzene rings is 1. The Balaban J connectivity index is 2.89. The van der Waals surface area contributed by atoms with Crippen LogP contribution >= 0.6 is 0 Å². The maximum absolute atomic E-state index is 12.0. The summed E-state index contributed by atoms with van der Waals surface area (Å²) in [6, 6.07) is 5.03. The third-order valence-electron chi connectivity index (χ3n) is 2.85. The Hall–Kier alpha value is -2.01. The van der Waals surface area contributed by atoms with Crippen molar-refractivity contribution in [3.8, 4) is 11.5 Å². The lowest BCUT2D eigenvalue weighted by Gasteiger charge is -2.14. The lowest BCUT2D eigenvalue weighted by atomic mass is 10.1. The summed E-state index contributed by atoms with van der Waals surface area (Å²) in [7, 11) is 3.12. The van der Waals surface area contributed by atoms with E-state index >= 15 is 0 Å². The Kier molecular flexibility index (Phi) is 3.53. The van der Waals surface area contributed by atoms with Crippen LogP contribution in [0.4, 0.5) is 0 Å². The van der Waals surface area contributed by atoms with E-state index in [0.717, 1.165) is 5.52 Å². The molecule has 2 N–H and O–H groups in total. The van der Waals surface area contributed by atoms with Gasteiger partial charge in [0, 0.05) is 25.4 Å². The normalized spacial score (nSPS) is 10.6. The predicted octanol–water partition coefficient (Wildman–Crippen LogP) is 0.977. The molecule has 0 unspecified atom stereocenters. The number of hydrogen-bond acceptors (Lipinski definition) is 4. The van der Waals surface area contributed by atoms with E-state index in [4.69, 9.17) is 15.2 Å². The second-order valence-electron chi connectivity index (χ2n) is 3.86. The molecule has 1 heterocycles. The molecule has 0 radical (unpaired) electrons. The highest BCUT2D eigenvalue weighted by molar-refractivity contribution is 5.90. The van der Waals surface area contributed by atoms with Crippen molar-refractivity contribution in [3.63, 3.8) is 0 Å². The lowest BCUT2D eigenvalue weighted by molar-refractivity contribution is 0.408. The molecule has 0 bridgehead atoms. The van der Waals surface area contributed by atoms with Gasteiger partial charge >= 0.3 is 0 Å². The van der Waals surface area contributed by atoms with Crippen LogP contribution in [0.25, 0.3) is 10.9 Å². The van der Waals surface area contributed by atoms with Crippen LogP contribution in [0.1, 0.15) is 0 Å². The maximum atomic E-state index is 12.0. The van der Waals surface area contributed by atoms with Crippen molar-refractivity contribution in [1.82, 2.24) is 4.57 Å². The first-order valence-corrected chi connectivity index (χ1v) is 5.67. The predicted molar refractivity (Wildman–Crippen MR) is 70.4 cm³/mol. The van der Waals surface area contributed by atoms with Gasteiger partial charge in [0.05, 0.1) is 25.1 Å². The Morgan fingerprint density at radius 3 is 2.44 bits per heavy atom. The van der Waals surface area contributed by atoms with Gasteiger partial charge in [-0.05, 0) is 12.1 Å². The fourth-order valence-electron chi connectivity index (χ4n) is 2.05. The molecular weight excluding hydrogens is 232 g/mol. The highest BCUT2D eigenvalue weighted by atomic mass is 16.5. The summed E-state index contributed by atoms with van der Waals surface area (Å²) in [6.45, 7) is 1.10. The van der Waals surface area contributed by atoms with Gasteiger partial charge in [0.25, 0.3) is 0 Å². The number of nitrogens with zero attached hydrogens (tertiary/aromatic N) is 1. The van der Waals surface area contributed by atoms with Crippen LogP contribution in [0.5, 0.6) is 11.5 Å². The van der Waals surface area contributed by atoms with E-state index in [1.807, 2.05) is 4.57 Å². The summed E-state index contributed by atoms with van der Waals surface area (Å²) < 4.78 is 12.5. The third kappa shape index (κ3) is 1.93. The topological polar surface area (TPSA) is 66.5 Å². The molecule has 0 aliphatic rings. The molecule has 0 fully saturated rings. The molecular formula is C13H16N2O3. The Morgan fingerprint density at radius 1 is 1.17 bits per heavy atom. The van der Waals surface area contributed by atoms with Crippen molar-refractivity contribution in [3.05, 3.63) is 34.6 Å². The van der Waals surface area contributed by atoms with Gasteiger partial charge in [0.1, 0.15) is 11.5 Å². The van der Waals surface area contributed by atoms with Crippen molar-refractivity contribution < 1.29 is 9.47 Å². The zero-order valence-corrected chi connectivity index (χ0v) is 10.5. The number of rotatable bonds is 4. The zero-order chi connectivity index (χ0) is 13.1.